The molecule has 1 atom stereocenters. The molecule has 7 nitrogen and oxygen atoms in total. The van der Waals surface area contributed by atoms with Gasteiger partial charge in [0, 0.05) is 0 Å². The van der Waals surface area contributed by atoms with Crippen LogP contribution in [-0.2, 0) is 11.2 Å². The van der Waals surface area contributed by atoms with E-state index in [-0.39, 0.29) is 35.5 Å². The van der Waals surface area contributed by atoms with Gasteiger partial charge in [0.2, 0.25) is 17.8 Å². The highest BCUT2D eigenvalue weighted by atomic mass is 32.2. The summed E-state index contributed by atoms with van der Waals surface area (Å²) in [6, 6.07) is 8.30. The summed E-state index contributed by atoms with van der Waals surface area (Å²) in [6.45, 7) is 6.28. The molecule has 0 aliphatic carbocycles. The second-order valence-electron chi connectivity index (χ2n) is 6.01. The van der Waals surface area contributed by atoms with Crippen LogP contribution >= 0.6 is 11.8 Å². The number of nitrogen functional groups attached to an aromatic ring is 2. The molecule has 1 heterocycles. The number of benzene rings is 1. The predicted molar refractivity (Wildman–Crippen MR) is 101 cm³/mol. The third kappa shape index (κ3) is 5.60. The fourth-order valence-corrected chi connectivity index (χ4v) is 3.05. The summed E-state index contributed by atoms with van der Waals surface area (Å²) in [5.74, 6) is 0.447. The van der Waals surface area contributed by atoms with Crippen molar-refractivity contribution in [2.75, 3.05) is 17.2 Å². The summed E-state index contributed by atoms with van der Waals surface area (Å²) in [5.41, 5.74) is 13.4. The molecule has 2 rings (SSSR count). The van der Waals surface area contributed by atoms with Crippen molar-refractivity contribution in [2.24, 2.45) is 5.92 Å². The monoisotopic (exact) mass is 360 g/mol. The highest BCUT2D eigenvalue weighted by Crippen LogP contribution is 2.23. The molecule has 1 aromatic heterocycles. The van der Waals surface area contributed by atoms with Gasteiger partial charge in [-0.25, -0.2) is 0 Å². The molecule has 0 saturated carbocycles. The first-order chi connectivity index (χ1) is 11.9. The van der Waals surface area contributed by atoms with Gasteiger partial charge in [-0.1, -0.05) is 56.8 Å². The minimum Gasteiger partial charge on any atom is -0.368 e. The average Bonchev–Trinajstić information content (AvgIpc) is 2.57. The van der Waals surface area contributed by atoms with Crippen molar-refractivity contribution in [2.45, 2.75) is 38.4 Å². The van der Waals surface area contributed by atoms with E-state index in [4.69, 9.17) is 11.5 Å². The normalized spacial score (nSPS) is 12.2. The average molecular weight is 360 g/mol. The Kier molecular flexibility index (Phi) is 6.58. The van der Waals surface area contributed by atoms with Crippen LogP contribution in [0.5, 0.6) is 0 Å². The smallest absolute Gasteiger partial charge is 0.230 e. The number of hydrogen-bond donors (Lipinski definition) is 3. The van der Waals surface area contributed by atoms with Crippen LogP contribution in [0.3, 0.4) is 0 Å². The number of carbonyl (C=O) groups excluding carboxylic acids is 1. The Balaban J connectivity index is 1.99. The molecule has 0 aliphatic rings. The molecule has 0 spiro atoms. The van der Waals surface area contributed by atoms with E-state index in [1.54, 1.807) is 0 Å². The SMILES string of the molecule is CCc1ccc([C@@H](NC(=O)CSc2nc(N)nc(N)n2)C(C)C)cc1. The second-order valence-corrected chi connectivity index (χ2v) is 6.95. The van der Waals surface area contributed by atoms with Gasteiger partial charge in [-0.2, -0.15) is 15.0 Å². The number of hydrogen-bond acceptors (Lipinski definition) is 7. The van der Waals surface area contributed by atoms with Crippen LogP contribution in [0.25, 0.3) is 0 Å². The number of aromatic nitrogens is 3. The first-order valence-corrected chi connectivity index (χ1v) is 9.15. The molecule has 0 saturated heterocycles. The van der Waals surface area contributed by atoms with Gasteiger partial charge >= 0.3 is 0 Å². The number of nitrogens with zero attached hydrogens (tertiary/aromatic N) is 3. The fraction of sp³-hybridized carbons (Fsp3) is 0.412. The Bertz CT molecular complexity index is 699. The number of rotatable bonds is 7. The van der Waals surface area contributed by atoms with Crippen molar-refractivity contribution >= 4 is 29.6 Å². The first kappa shape index (κ1) is 19.0. The van der Waals surface area contributed by atoms with Gasteiger partial charge in [-0.05, 0) is 23.5 Å². The summed E-state index contributed by atoms with van der Waals surface area (Å²) in [4.78, 5) is 24.0. The van der Waals surface area contributed by atoms with Crippen LogP contribution in [0.1, 0.15) is 37.9 Å². The molecule has 0 fully saturated rings. The molecule has 0 unspecified atom stereocenters. The zero-order chi connectivity index (χ0) is 18.4. The molecule has 0 aliphatic heterocycles. The van der Waals surface area contributed by atoms with Crippen molar-refractivity contribution in [1.29, 1.82) is 0 Å². The predicted octanol–water partition coefficient (Wildman–Crippen LogP) is 2.20. The molecule has 0 bridgehead atoms. The van der Waals surface area contributed by atoms with Crippen LogP contribution in [0.2, 0.25) is 0 Å². The van der Waals surface area contributed by atoms with Crippen molar-refractivity contribution in [3.63, 3.8) is 0 Å². The second kappa shape index (κ2) is 8.66. The van der Waals surface area contributed by atoms with E-state index in [2.05, 4.69) is 65.3 Å². The van der Waals surface area contributed by atoms with Crippen LogP contribution in [-0.4, -0.2) is 26.6 Å². The minimum atomic E-state index is -0.0965. The highest BCUT2D eigenvalue weighted by Gasteiger charge is 2.18. The third-order valence-electron chi connectivity index (χ3n) is 3.71. The van der Waals surface area contributed by atoms with Crippen LogP contribution in [0.15, 0.2) is 29.4 Å². The molecule has 25 heavy (non-hydrogen) atoms. The summed E-state index contributed by atoms with van der Waals surface area (Å²) >= 11 is 1.18. The van der Waals surface area contributed by atoms with E-state index in [0.29, 0.717) is 5.16 Å². The van der Waals surface area contributed by atoms with Crippen LogP contribution < -0.4 is 16.8 Å². The standard InChI is InChI=1S/C17H24N6OS/c1-4-11-5-7-12(8-6-11)14(10(2)3)20-13(24)9-25-17-22-15(18)21-16(19)23-17/h5-8,10,14H,4,9H2,1-3H3,(H,20,24)(H4,18,19,21,22,23)/t14-/m0/s1. The molecule has 2 aromatic rings. The topological polar surface area (TPSA) is 120 Å². The molecule has 5 N–H and O–H groups in total. The number of anilines is 2. The molecule has 1 amide bonds. The van der Waals surface area contributed by atoms with Gasteiger partial charge in [-0.15, -0.1) is 0 Å². The van der Waals surface area contributed by atoms with E-state index in [1.807, 2.05) is 0 Å². The van der Waals surface area contributed by atoms with Gasteiger partial charge in [0.05, 0.1) is 11.8 Å². The number of nitrogens with one attached hydrogen (secondary N) is 1. The van der Waals surface area contributed by atoms with Gasteiger partial charge < -0.3 is 16.8 Å². The Hall–Kier alpha value is -2.35. The molecular formula is C17H24N6OS. The summed E-state index contributed by atoms with van der Waals surface area (Å²) in [7, 11) is 0. The van der Waals surface area contributed by atoms with E-state index in [9.17, 15) is 4.79 Å². The first-order valence-electron chi connectivity index (χ1n) is 8.17. The molecular weight excluding hydrogens is 336 g/mol. The lowest BCUT2D eigenvalue weighted by Gasteiger charge is -2.23. The van der Waals surface area contributed by atoms with Crippen molar-refractivity contribution < 1.29 is 4.79 Å². The Morgan fingerprint density at radius 2 is 1.72 bits per heavy atom. The molecule has 1 aromatic carbocycles. The Labute approximate surface area is 152 Å². The van der Waals surface area contributed by atoms with Gasteiger partial charge in [0.15, 0.2) is 5.16 Å². The molecule has 8 heteroatoms. The number of nitrogens with two attached hydrogens (primary N) is 2. The maximum absolute atomic E-state index is 12.3. The van der Waals surface area contributed by atoms with Crippen molar-refractivity contribution in [1.82, 2.24) is 20.3 Å². The lowest BCUT2D eigenvalue weighted by atomic mass is 9.95. The lowest BCUT2D eigenvalue weighted by molar-refractivity contribution is -0.119. The fourth-order valence-electron chi connectivity index (χ4n) is 2.39. The van der Waals surface area contributed by atoms with E-state index >= 15 is 0 Å². The summed E-state index contributed by atoms with van der Waals surface area (Å²) in [5, 5.41) is 3.42. The third-order valence-corrected chi connectivity index (χ3v) is 4.56. The Morgan fingerprint density at radius 3 is 2.24 bits per heavy atom. The summed E-state index contributed by atoms with van der Waals surface area (Å²) in [6.07, 6.45) is 0.994. The molecule has 134 valence electrons. The zero-order valence-corrected chi connectivity index (χ0v) is 15.5. The molecule has 0 radical (unpaired) electrons. The minimum absolute atomic E-state index is 0.0477. The van der Waals surface area contributed by atoms with Gasteiger partial charge in [0.25, 0.3) is 0 Å². The number of carbonyl (C=O) groups is 1. The number of aryl methyl sites for hydroxylation is 1. The van der Waals surface area contributed by atoms with E-state index < -0.39 is 0 Å². The maximum Gasteiger partial charge on any atom is 0.230 e. The van der Waals surface area contributed by atoms with E-state index in [1.165, 1.54) is 17.3 Å². The van der Waals surface area contributed by atoms with Crippen molar-refractivity contribution in [3.8, 4) is 0 Å². The van der Waals surface area contributed by atoms with E-state index in [0.717, 1.165) is 12.0 Å². The van der Waals surface area contributed by atoms with Crippen LogP contribution in [0.4, 0.5) is 11.9 Å². The van der Waals surface area contributed by atoms with Crippen LogP contribution in [0, 0.1) is 5.92 Å². The van der Waals surface area contributed by atoms with Crippen molar-refractivity contribution in [3.05, 3.63) is 35.4 Å². The Morgan fingerprint density at radius 1 is 1.12 bits per heavy atom. The largest absolute Gasteiger partial charge is 0.368 e. The highest BCUT2D eigenvalue weighted by molar-refractivity contribution is 7.99. The quantitative estimate of drug-likeness (QED) is 0.647. The summed E-state index contributed by atoms with van der Waals surface area (Å²) < 4.78 is 0. The zero-order valence-electron chi connectivity index (χ0n) is 14.7. The number of thioether (sulfide) groups is 1. The van der Waals surface area contributed by atoms with Gasteiger partial charge in [0.1, 0.15) is 0 Å². The lowest BCUT2D eigenvalue weighted by Crippen LogP contribution is -2.33. The maximum atomic E-state index is 12.3. The van der Waals surface area contributed by atoms with Gasteiger partial charge in [-0.3, -0.25) is 4.79 Å². The number of amides is 1.